The number of fused-ring (bicyclic) bond motifs is 1. The molecule has 0 fully saturated rings. The lowest BCUT2D eigenvalue weighted by atomic mass is 9.96. The van der Waals surface area contributed by atoms with Gasteiger partial charge in [-0.25, -0.2) is 9.37 Å². The number of halogens is 2. The molecule has 0 N–H and O–H groups in total. The van der Waals surface area contributed by atoms with E-state index in [0.29, 0.717) is 29.1 Å². The molecule has 5 rings (SSSR count). The van der Waals surface area contributed by atoms with Gasteiger partial charge in [0.2, 0.25) is 0 Å². The highest BCUT2D eigenvalue weighted by Crippen LogP contribution is 2.34. The number of aromatic nitrogens is 2. The summed E-state index contributed by atoms with van der Waals surface area (Å²) in [6, 6.07) is 23.0. The number of aryl methyl sites for hydroxylation is 1. The van der Waals surface area contributed by atoms with Crippen LogP contribution in [0.4, 0.5) is 4.39 Å². The van der Waals surface area contributed by atoms with Crippen molar-refractivity contribution in [2.24, 2.45) is 5.10 Å². The van der Waals surface area contributed by atoms with Crippen LogP contribution < -0.4 is 15.0 Å². The number of rotatable bonds is 8. The zero-order valence-corrected chi connectivity index (χ0v) is 24.8. The van der Waals surface area contributed by atoms with Crippen molar-refractivity contribution in [1.82, 2.24) is 9.66 Å². The molecule has 0 spiro atoms. The van der Waals surface area contributed by atoms with Crippen molar-refractivity contribution < 1.29 is 13.9 Å². The highest BCUT2D eigenvalue weighted by Gasteiger charge is 2.18. The molecule has 0 unspecified atom stereocenters. The van der Waals surface area contributed by atoms with E-state index in [9.17, 15) is 9.18 Å². The third kappa shape index (κ3) is 6.07. The summed E-state index contributed by atoms with van der Waals surface area (Å²) < 4.78 is 26.8. The van der Waals surface area contributed by atoms with Crippen LogP contribution in [0.2, 0.25) is 0 Å². The Balaban J connectivity index is 1.53. The lowest BCUT2D eigenvalue weighted by Gasteiger charge is -2.17. The fraction of sp³-hybridized carbons (Fsp3) is 0.182. The van der Waals surface area contributed by atoms with Crippen LogP contribution in [-0.4, -0.2) is 23.0 Å². The van der Waals surface area contributed by atoms with Gasteiger partial charge in [-0.3, -0.25) is 4.79 Å². The fourth-order valence-electron chi connectivity index (χ4n) is 4.55. The van der Waals surface area contributed by atoms with Gasteiger partial charge in [-0.2, -0.15) is 9.78 Å². The van der Waals surface area contributed by atoms with E-state index in [1.54, 1.807) is 31.5 Å². The first-order valence-electron chi connectivity index (χ1n) is 13.2. The minimum Gasteiger partial charge on any atom is -0.496 e. The van der Waals surface area contributed by atoms with Crippen LogP contribution in [0.25, 0.3) is 22.3 Å². The van der Waals surface area contributed by atoms with Crippen LogP contribution >= 0.6 is 15.9 Å². The standard InChI is InChI=1S/C33H29BrFN3O3/c1-20(2)26-17-27(21(3)15-31(26)40-4)32-37-29-8-6-5-7-25(29)33(39)38(32)36-18-23-11-14-30(28(34)16-23)41-19-22-9-12-24(35)13-10-22/h5-18,20H,19H2,1-4H3. The number of ether oxygens (including phenoxy) is 2. The molecule has 208 valence electrons. The molecule has 6 nitrogen and oxygen atoms in total. The van der Waals surface area contributed by atoms with Crippen molar-refractivity contribution >= 4 is 33.0 Å². The highest BCUT2D eigenvalue weighted by atomic mass is 79.9. The molecule has 0 aliphatic rings. The molecule has 1 aromatic heterocycles. The van der Waals surface area contributed by atoms with Crippen LogP contribution in [0.5, 0.6) is 11.5 Å². The smallest absolute Gasteiger partial charge is 0.282 e. The van der Waals surface area contributed by atoms with Crippen molar-refractivity contribution in [3.8, 4) is 22.9 Å². The Morgan fingerprint density at radius 1 is 1.02 bits per heavy atom. The molecular weight excluding hydrogens is 585 g/mol. The molecule has 4 aromatic carbocycles. The monoisotopic (exact) mass is 613 g/mol. The summed E-state index contributed by atoms with van der Waals surface area (Å²) in [5.74, 6) is 1.79. The van der Waals surface area contributed by atoms with Gasteiger partial charge in [-0.15, -0.1) is 0 Å². The van der Waals surface area contributed by atoms with Crippen LogP contribution in [0.1, 0.15) is 42.0 Å². The van der Waals surface area contributed by atoms with Crippen molar-refractivity contribution in [3.05, 3.63) is 122 Å². The van der Waals surface area contributed by atoms with E-state index in [2.05, 4.69) is 34.9 Å². The Morgan fingerprint density at radius 3 is 2.49 bits per heavy atom. The van der Waals surface area contributed by atoms with E-state index in [1.165, 1.54) is 16.8 Å². The average molecular weight is 615 g/mol. The van der Waals surface area contributed by atoms with Crippen LogP contribution in [0.15, 0.2) is 93.2 Å². The van der Waals surface area contributed by atoms with Crippen molar-refractivity contribution in [2.75, 3.05) is 7.11 Å². The molecule has 0 saturated heterocycles. The molecule has 5 aromatic rings. The van der Waals surface area contributed by atoms with Crippen molar-refractivity contribution in [1.29, 1.82) is 0 Å². The lowest BCUT2D eigenvalue weighted by molar-refractivity contribution is 0.304. The maximum absolute atomic E-state index is 13.7. The van der Waals surface area contributed by atoms with Gasteiger partial charge in [0.1, 0.15) is 23.9 Å². The number of para-hydroxylation sites is 1. The summed E-state index contributed by atoms with van der Waals surface area (Å²) in [6.07, 6.45) is 1.62. The third-order valence-electron chi connectivity index (χ3n) is 6.78. The van der Waals surface area contributed by atoms with Gasteiger partial charge in [-0.05, 0) is 106 Å². The van der Waals surface area contributed by atoms with Gasteiger partial charge in [0, 0.05) is 5.56 Å². The average Bonchev–Trinajstić information content (AvgIpc) is 2.96. The largest absolute Gasteiger partial charge is 0.496 e. The number of benzene rings is 4. The summed E-state index contributed by atoms with van der Waals surface area (Å²) in [7, 11) is 1.66. The normalized spacial score (nSPS) is 11.5. The summed E-state index contributed by atoms with van der Waals surface area (Å²) in [4.78, 5) is 18.6. The SMILES string of the molecule is COc1cc(C)c(-c2nc3ccccc3c(=O)n2N=Cc2ccc(OCc3ccc(F)cc3)c(Br)c2)cc1C(C)C. The molecule has 41 heavy (non-hydrogen) atoms. The third-order valence-corrected chi connectivity index (χ3v) is 7.40. The molecular formula is C33H29BrFN3O3. The first-order valence-corrected chi connectivity index (χ1v) is 14.0. The minimum absolute atomic E-state index is 0.203. The summed E-state index contributed by atoms with van der Waals surface area (Å²) in [5, 5.41) is 5.10. The zero-order valence-electron chi connectivity index (χ0n) is 23.2. The van der Waals surface area contributed by atoms with E-state index in [-0.39, 0.29) is 17.3 Å². The maximum Gasteiger partial charge on any atom is 0.282 e. The second-order valence-electron chi connectivity index (χ2n) is 9.98. The Hall–Kier alpha value is -4.30. The fourth-order valence-corrected chi connectivity index (χ4v) is 5.06. The Morgan fingerprint density at radius 2 is 1.78 bits per heavy atom. The molecule has 1 heterocycles. The van der Waals surface area contributed by atoms with Gasteiger partial charge in [0.25, 0.3) is 5.56 Å². The van der Waals surface area contributed by atoms with Crippen LogP contribution in [-0.2, 0) is 6.61 Å². The van der Waals surface area contributed by atoms with E-state index in [0.717, 1.165) is 38.0 Å². The molecule has 0 saturated carbocycles. The Bertz CT molecular complexity index is 1810. The molecule has 0 bridgehead atoms. The topological polar surface area (TPSA) is 65.7 Å². The zero-order chi connectivity index (χ0) is 29.1. The number of nitrogens with zero attached hydrogens (tertiary/aromatic N) is 3. The van der Waals surface area contributed by atoms with Crippen molar-refractivity contribution in [3.63, 3.8) is 0 Å². The summed E-state index contributed by atoms with van der Waals surface area (Å²) in [5.41, 5.74) is 4.70. The molecule has 8 heteroatoms. The molecule has 0 radical (unpaired) electrons. The van der Waals surface area contributed by atoms with E-state index >= 15 is 0 Å². The molecule has 0 aliphatic carbocycles. The number of hydrogen-bond donors (Lipinski definition) is 0. The lowest BCUT2D eigenvalue weighted by Crippen LogP contribution is -2.20. The van der Waals surface area contributed by atoms with Gasteiger partial charge in [-0.1, -0.05) is 38.1 Å². The van der Waals surface area contributed by atoms with Crippen LogP contribution in [0.3, 0.4) is 0 Å². The number of methoxy groups -OCH3 is 1. The van der Waals surface area contributed by atoms with Gasteiger partial charge >= 0.3 is 0 Å². The molecule has 0 atom stereocenters. The predicted octanol–water partition coefficient (Wildman–Crippen LogP) is 7.87. The Labute approximate surface area is 246 Å². The summed E-state index contributed by atoms with van der Waals surface area (Å²) >= 11 is 3.56. The van der Waals surface area contributed by atoms with Gasteiger partial charge in [0.05, 0.1) is 28.7 Å². The van der Waals surface area contributed by atoms with Gasteiger partial charge < -0.3 is 9.47 Å². The van der Waals surface area contributed by atoms with E-state index in [1.807, 2.05) is 55.5 Å². The summed E-state index contributed by atoms with van der Waals surface area (Å²) in [6.45, 7) is 6.47. The number of hydrogen-bond acceptors (Lipinski definition) is 5. The second kappa shape index (κ2) is 12.1. The van der Waals surface area contributed by atoms with Crippen LogP contribution in [0, 0.1) is 12.7 Å². The maximum atomic E-state index is 13.7. The quantitative estimate of drug-likeness (QED) is 0.167. The molecule has 0 aliphatic heterocycles. The second-order valence-corrected chi connectivity index (χ2v) is 10.8. The minimum atomic E-state index is -0.287. The van der Waals surface area contributed by atoms with Crippen molar-refractivity contribution in [2.45, 2.75) is 33.3 Å². The van der Waals surface area contributed by atoms with E-state index in [4.69, 9.17) is 14.5 Å². The van der Waals surface area contributed by atoms with Gasteiger partial charge in [0.15, 0.2) is 5.82 Å². The Kier molecular flexibility index (Phi) is 8.31. The first-order chi connectivity index (χ1) is 19.7. The predicted molar refractivity (Wildman–Crippen MR) is 165 cm³/mol. The molecule has 0 amide bonds. The van der Waals surface area contributed by atoms with E-state index < -0.39 is 0 Å². The first kappa shape index (κ1) is 28.2. The highest BCUT2D eigenvalue weighted by molar-refractivity contribution is 9.10.